The van der Waals surface area contributed by atoms with Crippen molar-refractivity contribution >= 4 is 29.3 Å². The molecule has 1 heterocycles. The molecule has 1 atom stereocenters. The first-order chi connectivity index (χ1) is 15.4. The summed E-state index contributed by atoms with van der Waals surface area (Å²) in [6, 6.07) is 5.20. The number of halogens is 1. The van der Waals surface area contributed by atoms with Crippen molar-refractivity contribution in [1.29, 1.82) is 0 Å². The summed E-state index contributed by atoms with van der Waals surface area (Å²) in [5.41, 5.74) is 1.69. The summed E-state index contributed by atoms with van der Waals surface area (Å²) in [4.78, 5) is 29.2. The fraction of sp³-hybridized carbons (Fsp3) is 0.640. The van der Waals surface area contributed by atoms with Crippen LogP contribution in [0.15, 0.2) is 23.4 Å². The van der Waals surface area contributed by atoms with Gasteiger partial charge >= 0.3 is 11.9 Å². The summed E-state index contributed by atoms with van der Waals surface area (Å²) >= 11 is 6.00. The molecule has 1 fully saturated rings. The minimum absolute atomic E-state index is 0.135. The van der Waals surface area contributed by atoms with Crippen LogP contribution in [0.25, 0.3) is 0 Å². The molecule has 0 spiro atoms. The molecular formula is C25H36ClNO5. The average molecular weight is 466 g/mol. The second kappa shape index (κ2) is 14.9. The van der Waals surface area contributed by atoms with Gasteiger partial charge in [0.05, 0.1) is 11.8 Å². The Labute approximate surface area is 196 Å². The molecule has 32 heavy (non-hydrogen) atoms. The first kappa shape index (κ1) is 26.2. The number of aryl methyl sites for hydroxylation is 1. The van der Waals surface area contributed by atoms with Crippen molar-refractivity contribution in [3.8, 4) is 5.75 Å². The van der Waals surface area contributed by atoms with Crippen LogP contribution in [-0.4, -0.2) is 30.4 Å². The third-order valence-electron chi connectivity index (χ3n) is 5.53. The summed E-state index contributed by atoms with van der Waals surface area (Å²) in [6.07, 6.45) is 11.3. The highest BCUT2D eigenvalue weighted by molar-refractivity contribution is 6.31. The minimum atomic E-state index is -0.559. The van der Waals surface area contributed by atoms with Crippen molar-refractivity contribution in [2.24, 2.45) is 5.16 Å². The smallest absolute Gasteiger partial charge is 0.372 e. The third-order valence-corrected chi connectivity index (χ3v) is 5.96. The molecule has 1 unspecified atom stereocenters. The third kappa shape index (κ3) is 11.0. The molecule has 0 aliphatic carbocycles. The number of hydrogen-bond acceptors (Lipinski definition) is 6. The second-order valence-electron chi connectivity index (χ2n) is 8.49. The van der Waals surface area contributed by atoms with Crippen molar-refractivity contribution in [2.75, 3.05) is 6.61 Å². The number of oxime groups is 1. The predicted octanol–water partition coefficient (Wildman–Crippen LogP) is 6.55. The van der Waals surface area contributed by atoms with Gasteiger partial charge < -0.3 is 14.3 Å². The van der Waals surface area contributed by atoms with Crippen LogP contribution < -0.4 is 4.74 Å². The SMILES string of the molecule is Cc1cc(OCC(=O)ON=C2CCCCCCCCCCC(=O)OC(C)CC2)ccc1Cl. The van der Waals surface area contributed by atoms with Crippen LogP contribution in [0.4, 0.5) is 0 Å². The topological polar surface area (TPSA) is 74.2 Å². The zero-order valence-electron chi connectivity index (χ0n) is 19.4. The van der Waals surface area contributed by atoms with E-state index in [-0.39, 0.29) is 18.7 Å². The number of benzene rings is 1. The summed E-state index contributed by atoms with van der Waals surface area (Å²) in [5.74, 6) is -0.141. The summed E-state index contributed by atoms with van der Waals surface area (Å²) in [6.45, 7) is 3.53. The summed E-state index contributed by atoms with van der Waals surface area (Å²) in [7, 11) is 0. The standard InChI is InChI=1S/C25H36ClNO5/c1-19-17-22(15-16-23(19)26)30-18-25(29)32-27-21-11-9-7-5-3-4-6-8-10-12-24(28)31-20(2)13-14-21/h15-17,20H,3-14,18H2,1-2H3. The van der Waals surface area contributed by atoms with Gasteiger partial charge in [-0.3, -0.25) is 4.79 Å². The molecule has 0 bridgehead atoms. The quantitative estimate of drug-likeness (QED) is 0.286. The van der Waals surface area contributed by atoms with Gasteiger partial charge in [-0.05, 0) is 69.7 Å². The van der Waals surface area contributed by atoms with Gasteiger partial charge in [0.25, 0.3) is 0 Å². The van der Waals surface area contributed by atoms with E-state index in [9.17, 15) is 9.59 Å². The van der Waals surface area contributed by atoms with Crippen LogP contribution in [0.1, 0.15) is 89.5 Å². The zero-order chi connectivity index (χ0) is 23.2. The van der Waals surface area contributed by atoms with Crippen molar-refractivity contribution in [2.45, 2.75) is 97.0 Å². The van der Waals surface area contributed by atoms with Crippen molar-refractivity contribution in [3.05, 3.63) is 28.8 Å². The van der Waals surface area contributed by atoms with Gasteiger partial charge in [-0.2, -0.15) is 0 Å². The maximum absolute atomic E-state index is 12.1. The molecule has 1 aromatic rings. The lowest BCUT2D eigenvalue weighted by Crippen LogP contribution is -2.17. The van der Waals surface area contributed by atoms with Gasteiger partial charge in [0.1, 0.15) is 5.75 Å². The molecule has 0 saturated carbocycles. The van der Waals surface area contributed by atoms with Crippen LogP contribution in [0.3, 0.4) is 0 Å². The Bertz CT molecular complexity index is 765. The van der Waals surface area contributed by atoms with Gasteiger partial charge in [-0.25, -0.2) is 4.79 Å². The molecule has 6 nitrogen and oxygen atoms in total. The van der Waals surface area contributed by atoms with E-state index in [1.165, 1.54) is 25.7 Å². The molecule has 1 aromatic carbocycles. The van der Waals surface area contributed by atoms with E-state index in [1.807, 2.05) is 13.8 Å². The molecule has 0 N–H and O–H groups in total. The molecule has 0 amide bonds. The predicted molar refractivity (Wildman–Crippen MR) is 126 cm³/mol. The molecule has 1 aliphatic heterocycles. The van der Waals surface area contributed by atoms with Crippen molar-refractivity contribution < 1.29 is 23.9 Å². The molecule has 0 radical (unpaired) electrons. The number of cyclic esters (lactones) is 1. The molecule has 178 valence electrons. The molecule has 1 aliphatic rings. The maximum atomic E-state index is 12.1. The highest BCUT2D eigenvalue weighted by atomic mass is 35.5. The second-order valence-corrected chi connectivity index (χ2v) is 8.90. The largest absolute Gasteiger partial charge is 0.482 e. The number of carbonyl (C=O) groups is 2. The van der Waals surface area contributed by atoms with Crippen LogP contribution in [0.2, 0.25) is 5.02 Å². The van der Waals surface area contributed by atoms with Crippen LogP contribution >= 0.6 is 11.6 Å². The lowest BCUT2D eigenvalue weighted by Gasteiger charge is -2.14. The fourth-order valence-corrected chi connectivity index (χ4v) is 3.70. The Morgan fingerprint density at radius 1 is 1.06 bits per heavy atom. The molecule has 2 rings (SSSR count). The van der Waals surface area contributed by atoms with Gasteiger partial charge in [0, 0.05) is 11.4 Å². The van der Waals surface area contributed by atoms with Crippen molar-refractivity contribution in [1.82, 2.24) is 0 Å². The Morgan fingerprint density at radius 3 is 2.41 bits per heavy atom. The Hall–Kier alpha value is -2.08. The average Bonchev–Trinajstić information content (AvgIpc) is 2.76. The number of ether oxygens (including phenoxy) is 2. The fourth-order valence-electron chi connectivity index (χ4n) is 3.58. The number of nitrogens with zero attached hydrogens (tertiary/aromatic N) is 1. The van der Waals surface area contributed by atoms with Crippen LogP contribution in [-0.2, 0) is 19.2 Å². The highest BCUT2D eigenvalue weighted by Crippen LogP contribution is 2.21. The Kier molecular flexibility index (Phi) is 12.2. The van der Waals surface area contributed by atoms with Crippen LogP contribution in [0, 0.1) is 6.92 Å². The monoisotopic (exact) mass is 465 g/mol. The molecule has 7 heteroatoms. The van der Waals surface area contributed by atoms with E-state index >= 15 is 0 Å². The van der Waals surface area contributed by atoms with E-state index in [4.69, 9.17) is 25.9 Å². The zero-order valence-corrected chi connectivity index (χ0v) is 20.1. The summed E-state index contributed by atoms with van der Waals surface area (Å²) < 4.78 is 11.0. The van der Waals surface area contributed by atoms with Gasteiger partial charge in [0.2, 0.25) is 0 Å². The van der Waals surface area contributed by atoms with E-state index in [2.05, 4.69) is 5.16 Å². The van der Waals surface area contributed by atoms with E-state index in [1.54, 1.807) is 18.2 Å². The maximum Gasteiger partial charge on any atom is 0.372 e. The minimum Gasteiger partial charge on any atom is -0.482 e. The summed E-state index contributed by atoms with van der Waals surface area (Å²) in [5, 5.41) is 4.75. The van der Waals surface area contributed by atoms with Gasteiger partial charge in [0.15, 0.2) is 6.61 Å². The lowest BCUT2D eigenvalue weighted by molar-refractivity contribution is -0.148. The van der Waals surface area contributed by atoms with Gasteiger partial charge in [-0.1, -0.05) is 55.3 Å². The van der Waals surface area contributed by atoms with Crippen LogP contribution in [0.5, 0.6) is 5.75 Å². The highest BCUT2D eigenvalue weighted by Gasteiger charge is 2.13. The molecule has 1 saturated heterocycles. The lowest BCUT2D eigenvalue weighted by atomic mass is 10.0. The first-order valence-corrected chi connectivity index (χ1v) is 12.2. The Balaban J connectivity index is 1.86. The normalized spacial score (nSPS) is 21.0. The Morgan fingerprint density at radius 2 is 1.72 bits per heavy atom. The number of esters is 1. The number of rotatable bonds is 4. The van der Waals surface area contributed by atoms with Gasteiger partial charge in [-0.15, -0.1) is 0 Å². The molecule has 0 aromatic heterocycles. The van der Waals surface area contributed by atoms with E-state index < -0.39 is 5.97 Å². The van der Waals surface area contributed by atoms with E-state index in [0.717, 1.165) is 43.4 Å². The molecular weight excluding hydrogens is 430 g/mol. The number of carbonyl (C=O) groups excluding carboxylic acids is 2. The first-order valence-electron chi connectivity index (χ1n) is 11.8. The number of hydrogen-bond donors (Lipinski definition) is 0. The van der Waals surface area contributed by atoms with E-state index in [0.29, 0.717) is 30.0 Å². The van der Waals surface area contributed by atoms with Crippen molar-refractivity contribution in [3.63, 3.8) is 0 Å².